The number of rotatable bonds is 6. The van der Waals surface area contributed by atoms with Crippen LogP contribution in [0.15, 0.2) is 77.8 Å². The normalized spacial score (nSPS) is 11.3. The molecule has 0 unspecified atom stereocenters. The number of carbonyl (C=O) groups excluding carboxylic acids is 2. The Kier molecular flexibility index (Phi) is 6.72. The molecule has 0 atom stereocenters. The van der Waals surface area contributed by atoms with E-state index in [1.807, 2.05) is 49.8 Å². The van der Waals surface area contributed by atoms with E-state index in [4.69, 9.17) is 14.3 Å². The third-order valence-corrected chi connectivity index (χ3v) is 5.64. The van der Waals surface area contributed by atoms with E-state index in [9.17, 15) is 9.59 Å². The standard InChI is InChI=1S/C28H27N7O4/c1-17(36)31-25-14-21(11-12-29-25)39-20-8-6-19(7-9-20)32-27(37)33-23-15-35(28(2,3)4)34-26(23)18-5-10-24-22(13-18)30-16-38-24/h5-16H,1-4H3,(H,29,31,36)(H2,32,33,37). The summed E-state index contributed by atoms with van der Waals surface area (Å²) in [6.07, 6.45) is 4.74. The molecule has 0 aliphatic carbocycles. The summed E-state index contributed by atoms with van der Waals surface area (Å²) in [7, 11) is 0. The molecule has 3 N–H and O–H groups in total. The van der Waals surface area contributed by atoms with Crippen LogP contribution in [0.3, 0.4) is 0 Å². The molecule has 0 saturated carbocycles. The van der Waals surface area contributed by atoms with Gasteiger partial charge in [-0.3, -0.25) is 9.48 Å². The zero-order valence-corrected chi connectivity index (χ0v) is 21.9. The molecule has 0 saturated heterocycles. The first kappa shape index (κ1) is 25.5. The number of urea groups is 1. The Hall–Kier alpha value is -5.19. The lowest BCUT2D eigenvalue weighted by Gasteiger charge is -2.18. The molecule has 39 heavy (non-hydrogen) atoms. The first-order valence-electron chi connectivity index (χ1n) is 12.2. The van der Waals surface area contributed by atoms with E-state index in [-0.39, 0.29) is 11.4 Å². The minimum Gasteiger partial charge on any atom is -0.457 e. The van der Waals surface area contributed by atoms with Gasteiger partial charge < -0.3 is 25.1 Å². The number of oxazole rings is 1. The van der Waals surface area contributed by atoms with E-state index in [1.165, 1.54) is 13.3 Å². The van der Waals surface area contributed by atoms with Crippen LogP contribution in [0.25, 0.3) is 22.4 Å². The van der Waals surface area contributed by atoms with Gasteiger partial charge in [-0.25, -0.2) is 14.8 Å². The number of pyridine rings is 1. The molecule has 5 aromatic rings. The van der Waals surface area contributed by atoms with E-state index in [0.29, 0.717) is 45.5 Å². The monoisotopic (exact) mass is 525 g/mol. The highest BCUT2D eigenvalue weighted by molar-refractivity contribution is 6.02. The van der Waals surface area contributed by atoms with Crippen LogP contribution in [0.2, 0.25) is 0 Å². The number of carbonyl (C=O) groups is 2. The molecule has 3 heterocycles. The minimum absolute atomic E-state index is 0.220. The largest absolute Gasteiger partial charge is 0.457 e. The number of fused-ring (bicyclic) bond motifs is 1. The molecule has 11 nitrogen and oxygen atoms in total. The van der Waals surface area contributed by atoms with Crippen molar-refractivity contribution in [2.45, 2.75) is 33.2 Å². The topological polar surface area (TPSA) is 136 Å². The van der Waals surface area contributed by atoms with Crippen molar-refractivity contribution in [1.29, 1.82) is 0 Å². The van der Waals surface area contributed by atoms with Gasteiger partial charge >= 0.3 is 6.03 Å². The van der Waals surface area contributed by atoms with Crippen LogP contribution in [0.4, 0.5) is 22.0 Å². The predicted molar refractivity (Wildman–Crippen MR) is 148 cm³/mol. The van der Waals surface area contributed by atoms with Crippen molar-refractivity contribution in [2.24, 2.45) is 0 Å². The summed E-state index contributed by atoms with van der Waals surface area (Å²) in [4.78, 5) is 32.5. The molecule has 0 bridgehead atoms. The number of benzene rings is 2. The molecule has 0 aliphatic heterocycles. The number of ether oxygens (including phenoxy) is 1. The van der Waals surface area contributed by atoms with Gasteiger partial charge in [-0.1, -0.05) is 0 Å². The first-order chi connectivity index (χ1) is 18.6. The van der Waals surface area contributed by atoms with Crippen LogP contribution < -0.4 is 20.7 Å². The van der Waals surface area contributed by atoms with Gasteiger partial charge in [-0.2, -0.15) is 5.10 Å². The van der Waals surface area contributed by atoms with Gasteiger partial charge in [-0.15, -0.1) is 0 Å². The zero-order chi connectivity index (χ0) is 27.6. The number of nitrogens with zero attached hydrogens (tertiary/aromatic N) is 4. The lowest BCUT2D eigenvalue weighted by atomic mass is 10.1. The molecule has 0 aliphatic rings. The van der Waals surface area contributed by atoms with Gasteiger partial charge in [0.15, 0.2) is 12.0 Å². The number of aromatic nitrogens is 4. The van der Waals surface area contributed by atoms with E-state index in [1.54, 1.807) is 42.6 Å². The number of hydrogen-bond acceptors (Lipinski definition) is 7. The second-order valence-electron chi connectivity index (χ2n) is 9.81. The molecule has 5 rings (SSSR count). The van der Waals surface area contributed by atoms with Gasteiger partial charge in [0.25, 0.3) is 0 Å². The Morgan fingerprint density at radius 3 is 2.46 bits per heavy atom. The maximum absolute atomic E-state index is 12.9. The van der Waals surface area contributed by atoms with Crippen molar-refractivity contribution in [2.75, 3.05) is 16.0 Å². The lowest BCUT2D eigenvalue weighted by molar-refractivity contribution is -0.114. The summed E-state index contributed by atoms with van der Waals surface area (Å²) in [5.74, 6) is 1.24. The molecule has 198 valence electrons. The van der Waals surface area contributed by atoms with Gasteiger partial charge in [0, 0.05) is 36.6 Å². The number of amides is 3. The zero-order valence-electron chi connectivity index (χ0n) is 21.9. The van der Waals surface area contributed by atoms with E-state index in [2.05, 4.69) is 25.9 Å². The molecule has 3 aromatic heterocycles. The highest BCUT2D eigenvalue weighted by Gasteiger charge is 2.21. The Morgan fingerprint density at radius 2 is 1.72 bits per heavy atom. The molecule has 2 aromatic carbocycles. The van der Waals surface area contributed by atoms with Gasteiger partial charge in [0.1, 0.15) is 28.5 Å². The summed E-state index contributed by atoms with van der Waals surface area (Å²) in [5, 5.41) is 13.1. The number of hydrogen-bond donors (Lipinski definition) is 3. The summed E-state index contributed by atoms with van der Waals surface area (Å²) in [5.41, 5.74) is 3.62. The van der Waals surface area contributed by atoms with Crippen molar-refractivity contribution >= 4 is 40.2 Å². The van der Waals surface area contributed by atoms with E-state index >= 15 is 0 Å². The smallest absolute Gasteiger partial charge is 0.323 e. The molecular formula is C28H27N7O4. The highest BCUT2D eigenvalue weighted by atomic mass is 16.5. The van der Waals surface area contributed by atoms with Crippen LogP contribution in [0, 0.1) is 0 Å². The van der Waals surface area contributed by atoms with Crippen LogP contribution >= 0.6 is 0 Å². The Labute approximate surface area is 224 Å². The van der Waals surface area contributed by atoms with Crippen molar-refractivity contribution < 1.29 is 18.7 Å². The van der Waals surface area contributed by atoms with Gasteiger partial charge in [0.05, 0.1) is 11.2 Å². The minimum atomic E-state index is -0.421. The average molecular weight is 526 g/mol. The summed E-state index contributed by atoms with van der Waals surface area (Å²) < 4.78 is 13.0. The summed E-state index contributed by atoms with van der Waals surface area (Å²) >= 11 is 0. The fraction of sp³-hybridized carbons (Fsp3) is 0.179. The van der Waals surface area contributed by atoms with Gasteiger partial charge in [-0.05, 0) is 69.3 Å². The summed E-state index contributed by atoms with van der Waals surface area (Å²) in [6.45, 7) is 7.51. The molecular weight excluding hydrogens is 498 g/mol. The molecule has 3 amide bonds. The predicted octanol–water partition coefficient (Wildman–Crippen LogP) is 6.24. The maximum Gasteiger partial charge on any atom is 0.323 e. The third-order valence-electron chi connectivity index (χ3n) is 5.64. The number of nitrogens with one attached hydrogen (secondary N) is 3. The lowest BCUT2D eigenvalue weighted by Crippen LogP contribution is -2.22. The average Bonchev–Trinajstić information content (AvgIpc) is 3.51. The Bertz CT molecular complexity index is 1650. The fourth-order valence-corrected chi connectivity index (χ4v) is 3.78. The molecule has 0 fully saturated rings. The fourth-order valence-electron chi connectivity index (χ4n) is 3.78. The first-order valence-corrected chi connectivity index (χ1v) is 12.2. The molecule has 0 spiro atoms. The second-order valence-corrected chi connectivity index (χ2v) is 9.81. The molecule has 0 radical (unpaired) electrons. The number of anilines is 3. The Balaban J connectivity index is 1.30. The van der Waals surface area contributed by atoms with E-state index in [0.717, 1.165) is 5.56 Å². The van der Waals surface area contributed by atoms with Crippen LogP contribution in [0.5, 0.6) is 11.5 Å². The second kappa shape index (κ2) is 10.3. The van der Waals surface area contributed by atoms with Crippen molar-refractivity contribution in [3.63, 3.8) is 0 Å². The van der Waals surface area contributed by atoms with E-state index < -0.39 is 6.03 Å². The van der Waals surface area contributed by atoms with Crippen LogP contribution in [-0.2, 0) is 10.3 Å². The Morgan fingerprint density at radius 1 is 0.923 bits per heavy atom. The quantitative estimate of drug-likeness (QED) is 0.239. The molecule has 11 heteroatoms. The maximum atomic E-state index is 12.9. The van der Waals surface area contributed by atoms with Crippen LogP contribution in [-0.4, -0.2) is 31.7 Å². The highest BCUT2D eigenvalue weighted by Crippen LogP contribution is 2.31. The van der Waals surface area contributed by atoms with Crippen molar-refractivity contribution in [1.82, 2.24) is 19.7 Å². The van der Waals surface area contributed by atoms with Crippen molar-refractivity contribution in [3.8, 4) is 22.8 Å². The third kappa shape index (κ3) is 6.04. The van der Waals surface area contributed by atoms with Crippen LogP contribution in [0.1, 0.15) is 27.7 Å². The summed E-state index contributed by atoms with van der Waals surface area (Å²) in [6, 6.07) is 15.4. The van der Waals surface area contributed by atoms with Gasteiger partial charge in [0.2, 0.25) is 5.91 Å². The van der Waals surface area contributed by atoms with Crippen molar-refractivity contribution in [3.05, 3.63) is 73.4 Å². The SMILES string of the molecule is CC(=O)Nc1cc(Oc2ccc(NC(=O)Nc3cn(C(C)(C)C)nc3-c3ccc4ocnc4c3)cc2)ccn1.